The lowest BCUT2D eigenvalue weighted by molar-refractivity contribution is 0.244. The van der Waals surface area contributed by atoms with Gasteiger partial charge in [-0.1, -0.05) is 25.8 Å². The third-order valence-corrected chi connectivity index (χ3v) is 4.60. The lowest BCUT2D eigenvalue weighted by Gasteiger charge is -2.29. The van der Waals surface area contributed by atoms with E-state index in [0.717, 1.165) is 42.8 Å². The van der Waals surface area contributed by atoms with Gasteiger partial charge in [-0.3, -0.25) is 0 Å². The summed E-state index contributed by atoms with van der Waals surface area (Å²) >= 11 is 0. The molecule has 3 N–H and O–H groups in total. The van der Waals surface area contributed by atoms with Crippen LogP contribution in [0.2, 0.25) is 0 Å². The molecule has 3 nitrogen and oxygen atoms in total. The van der Waals surface area contributed by atoms with Crippen molar-refractivity contribution in [2.24, 2.45) is 5.92 Å². The van der Waals surface area contributed by atoms with Crippen LogP contribution in [0, 0.1) is 5.92 Å². The molecule has 2 unspecified atom stereocenters. The molecule has 1 aromatic rings. The predicted molar refractivity (Wildman–Crippen MR) is 94.4 cm³/mol. The average Bonchev–Trinajstić information content (AvgIpc) is 2.47. The summed E-state index contributed by atoms with van der Waals surface area (Å²) in [7, 11) is 0. The number of nitrogen functional groups attached to an aromatic ring is 1. The van der Waals surface area contributed by atoms with Gasteiger partial charge < -0.3 is 15.8 Å². The zero-order chi connectivity index (χ0) is 15.9. The maximum absolute atomic E-state index is 6.07. The van der Waals surface area contributed by atoms with Crippen molar-refractivity contribution < 1.29 is 4.74 Å². The first kappa shape index (κ1) is 17.1. The molecule has 0 spiro atoms. The maximum atomic E-state index is 6.07. The second kappa shape index (κ2) is 8.42. The van der Waals surface area contributed by atoms with Crippen molar-refractivity contribution in [3.63, 3.8) is 0 Å². The van der Waals surface area contributed by atoms with Gasteiger partial charge in [0.25, 0.3) is 0 Å². The summed E-state index contributed by atoms with van der Waals surface area (Å²) in [5.41, 5.74) is 8.12. The summed E-state index contributed by atoms with van der Waals surface area (Å²) in [4.78, 5) is 0. The van der Waals surface area contributed by atoms with E-state index < -0.39 is 0 Å². The monoisotopic (exact) mass is 304 g/mol. The number of hydrogen-bond acceptors (Lipinski definition) is 3. The number of benzene rings is 1. The SMILES string of the molecule is CC(C)Oc1ccc(CCCNC2CCCCC2C)cc1N. The Morgan fingerprint density at radius 2 is 2.05 bits per heavy atom. The largest absolute Gasteiger partial charge is 0.489 e. The minimum atomic E-state index is 0.162. The van der Waals surface area contributed by atoms with Crippen LogP contribution < -0.4 is 15.8 Å². The Morgan fingerprint density at radius 1 is 1.27 bits per heavy atom. The Bertz CT molecular complexity index is 459. The first-order valence-electron chi connectivity index (χ1n) is 8.84. The van der Waals surface area contributed by atoms with Gasteiger partial charge in [-0.15, -0.1) is 0 Å². The number of hydrogen-bond donors (Lipinski definition) is 2. The minimum Gasteiger partial charge on any atom is -0.489 e. The van der Waals surface area contributed by atoms with Crippen LogP contribution in [0.3, 0.4) is 0 Å². The van der Waals surface area contributed by atoms with E-state index >= 15 is 0 Å². The average molecular weight is 304 g/mol. The molecule has 1 aliphatic rings. The Kier molecular flexibility index (Phi) is 6.56. The van der Waals surface area contributed by atoms with E-state index in [1.165, 1.54) is 31.2 Å². The van der Waals surface area contributed by atoms with Gasteiger partial charge in [0.05, 0.1) is 11.8 Å². The molecule has 0 radical (unpaired) electrons. The van der Waals surface area contributed by atoms with E-state index in [4.69, 9.17) is 10.5 Å². The standard InChI is InChI=1S/C19H32N2O/c1-14(2)22-19-11-10-16(13-17(19)20)8-6-12-21-18-9-5-4-7-15(18)3/h10-11,13-15,18,21H,4-9,12,20H2,1-3H3. The van der Waals surface area contributed by atoms with Crippen LogP contribution in [-0.2, 0) is 6.42 Å². The fraction of sp³-hybridized carbons (Fsp3) is 0.684. The smallest absolute Gasteiger partial charge is 0.142 e. The Labute approximate surface area is 135 Å². The normalized spacial score (nSPS) is 22.0. The van der Waals surface area contributed by atoms with Crippen molar-refractivity contribution in [2.45, 2.75) is 71.4 Å². The Hall–Kier alpha value is -1.22. The van der Waals surface area contributed by atoms with E-state index in [-0.39, 0.29) is 6.10 Å². The summed E-state index contributed by atoms with van der Waals surface area (Å²) < 4.78 is 5.68. The molecule has 0 bridgehead atoms. The Balaban J connectivity index is 1.73. The molecule has 1 aromatic carbocycles. The van der Waals surface area contributed by atoms with E-state index in [2.05, 4.69) is 24.4 Å². The zero-order valence-corrected chi connectivity index (χ0v) is 14.4. The lowest BCUT2D eigenvalue weighted by Crippen LogP contribution is -2.37. The number of nitrogens with two attached hydrogens (primary N) is 1. The van der Waals surface area contributed by atoms with Crippen molar-refractivity contribution in [3.8, 4) is 5.75 Å². The summed E-state index contributed by atoms with van der Waals surface area (Å²) in [6.45, 7) is 7.51. The second-order valence-corrected chi connectivity index (χ2v) is 6.96. The van der Waals surface area contributed by atoms with Crippen molar-refractivity contribution in [3.05, 3.63) is 23.8 Å². The van der Waals surface area contributed by atoms with Crippen LogP contribution in [0.1, 0.15) is 58.4 Å². The molecule has 2 atom stereocenters. The third kappa shape index (κ3) is 5.20. The first-order chi connectivity index (χ1) is 10.6. The molecule has 0 saturated heterocycles. The third-order valence-electron chi connectivity index (χ3n) is 4.60. The number of ether oxygens (including phenoxy) is 1. The zero-order valence-electron chi connectivity index (χ0n) is 14.4. The summed E-state index contributed by atoms with van der Waals surface area (Å²) in [6.07, 6.45) is 7.91. The van der Waals surface area contributed by atoms with Crippen LogP contribution >= 0.6 is 0 Å². The predicted octanol–water partition coefficient (Wildman–Crippen LogP) is 4.16. The van der Waals surface area contributed by atoms with Crippen LogP contribution in [-0.4, -0.2) is 18.7 Å². The molecule has 0 amide bonds. The number of anilines is 1. The number of nitrogens with one attached hydrogen (secondary N) is 1. The molecular weight excluding hydrogens is 272 g/mol. The molecule has 0 aliphatic heterocycles. The molecule has 124 valence electrons. The summed E-state index contributed by atoms with van der Waals surface area (Å²) in [5.74, 6) is 1.63. The molecule has 0 heterocycles. The van der Waals surface area contributed by atoms with Crippen molar-refractivity contribution in [1.29, 1.82) is 0 Å². The quantitative estimate of drug-likeness (QED) is 0.587. The van der Waals surface area contributed by atoms with Crippen molar-refractivity contribution in [1.82, 2.24) is 5.32 Å². The van der Waals surface area contributed by atoms with Gasteiger partial charge in [0.1, 0.15) is 5.75 Å². The number of aryl methyl sites for hydroxylation is 1. The molecule has 0 aromatic heterocycles. The fourth-order valence-corrected chi connectivity index (χ4v) is 3.31. The molecule has 1 fully saturated rings. The number of rotatable bonds is 7. The fourth-order valence-electron chi connectivity index (χ4n) is 3.31. The van der Waals surface area contributed by atoms with Gasteiger partial charge in [0.15, 0.2) is 0 Å². The van der Waals surface area contributed by atoms with Crippen LogP contribution in [0.25, 0.3) is 0 Å². The highest BCUT2D eigenvalue weighted by Gasteiger charge is 2.19. The van der Waals surface area contributed by atoms with Crippen LogP contribution in [0.4, 0.5) is 5.69 Å². The second-order valence-electron chi connectivity index (χ2n) is 6.96. The molecule has 22 heavy (non-hydrogen) atoms. The van der Waals surface area contributed by atoms with E-state index in [1.54, 1.807) is 0 Å². The van der Waals surface area contributed by atoms with Gasteiger partial charge in [-0.2, -0.15) is 0 Å². The minimum absolute atomic E-state index is 0.162. The van der Waals surface area contributed by atoms with Gasteiger partial charge in [-0.05, 0) is 69.7 Å². The highest BCUT2D eigenvalue weighted by molar-refractivity contribution is 5.54. The van der Waals surface area contributed by atoms with E-state index in [1.807, 2.05) is 19.9 Å². The van der Waals surface area contributed by atoms with E-state index in [9.17, 15) is 0 Å². The summed E-state index contributed by atoms with van der Waals surface area (Å²) in [5, 5.41) is 3.74. The van der Waals surface area contributed by atoms with Gasteiger partial charge >= 0.3 is 0 Å². The highest BCUT2D eigenvalue weighted by Crippen LogP contribution is 2.25. The molecule has 2 rings (SSSR count). The van der Waals surface area contributed by atoms with E-state index in [0.29, 0.717) is 0 Å². The van der Waals surface area contributed by atoms with Crippen LogP contribution in [0.15, 0.2) is 18.2 Å². The highest BCUT2D eigenvalue weighted by atomic mass is 16.5. The molecule has 1 aliphatic carbocycles. The lowest BCUT2D eigenvalue weighted by atomic mass is 9.86. The van der Waals surface area contributed by atoms with Gasteiger partial charge in [0, 0.05) is 6.04 Å². The molecule has 1 saturated carbocycles. The van der Waals surface area contributed by atoms with Crippen LogP contribution in [0.5, 0.6) is 5.75 Å². The molecule has 3 heteroatoms. The summed E-state index contributed by atoms with van der Waals surface area (Å²) in [6, 6.07) is 6.92. The topological polar surface area (TPSA) is 47.3 Å². The van der Waals surface area contributed by atoms with Gasteiger partial charge in [-0.25, -0.2) is 0 Å². The van der Waals surface area contributed by atoms with Crippen molar-refractivity contribution in [2.75, 3.05) is 12.3 Å². The van der Waals surface area contributed by atoms with Gasteiger partial charge in [0.2, 0.25) is 0 Å². The molecular formula is C19H32N2O. The Morgan fingerprint density at radius 3 is 2.73 bits per heavy atom. The van der Waals surface area contributed by atoms with Crippen molar-refractivity contribution >= 4 is 5.69 Å². The maximum Gasteiger partial charge on any atom is 0.142 e. The first-order valence-corrected chi connectivity index (χ1v) is 8.84.